The molecule has 18 heavy (non-hydrogen) atoms. The Morgan fingerprint density at radius 3 is 2.28 bits per heavy atom. The van der Waals surface area contributed by atoms with E-state index in [1.54, 1.807) is 0 Å². The molecule has 1 N–H and O–H groups in total. The van der Waals surface area contributed by atoms with Crippen molar-refractivity contribution in [2.75, 3.05) is 13.1 Å². The lowest BCUT2D eigenvalue weighted by Crippen LogP contribution is -2.25. The van der Waals surface area contributed by atoms with Gasteiger partial charge in [-0.05, 0) is 49.9 Å². The monoisotopic (exact) mass is 255 g/mol. The van der Waals surface area contributed by atoms with Gasteiger partial charge in [-0.2, -0.15) is 0 Å². The van der Waals surface area contributed by atoms with Crippen molar-refractivity contribution in [3.05, 3.63) is 35.4 Å². The minimum absolute atomic E-state index is 0.107. The quantitative estimate of drug-likeness (QED) is 0.728. The van der Waals surface area contributed by atoms with Crippen LogP contribution in [0, 0.1) is 17.0 Å². The summed E-state index contributed by atoms with van der Waals surface area (Å²) in [5, 5.41) is 3.32. The highest BCUT2D eigenvalue weighted by Gasteiger charge is 2.22. The number of hydrogen-bond acceptors (Lipinski definition) is 1. The van der Waals surface area contributed by atoms with Gasteiger partial charge in [0.25, 0.3) is 0 Å². The molecule has 0 aliphatic carbocycles. The van der Waals surface area contributed by atoms with Gasteiger partial charge in [0.15, 0.2) is 0 Å². The Kier molecular flexibility index (Phi) is 5.73. The van der Waals surface area contributed by atoms with Crippen LogP contribution in [0.15, 0.2) is 18.2 Å². The number of nitrogens with one attached hydrogen (secondary N) is 1. The van der Waals surface area contributed by atoms with Crippen LogP contribution in [0.1, 0.15) is 39.2 Å². The van der Waals surface area contributed by atoms with E-state index in [0.717, 1.165) is 25.9 Å². The van der Waals surface area contributed by atoms with E-state index in [0.29, 0.717) is 6.42 Å². The van der Waals surface area contributed by atoms with Crippen molar-refractivity contribution in [1.82, 2.24) is 5.32 Å². The molecule has 0 bridgehead atoms. The van der Waals surface area contributed by atoms with Gasteiger partial charge >= 0.3 is 0 Å². The average molecular weight is 255 g/mol. The van der Waals surface area contributed by atoms with Gasteiger partial charge in [0.1, 0.15) is 11.6 Å². The molecule has 0 fully saturated rings. The van der Waals surface area contributed by atoms with E-state index in [1.165, 1.54) is 18.2 Å². The number of halogens is 2. The second-order valence-corrected chi connectivity index (χ2v) is 5.54. The molecule has 3 heteroatoms. The SMILES string of the molecule is CCCNCCC(C)(C)Cc1c(F)cccc1F. The molecule has 0 saturated carbocycles. The van der Waals surface area contributed by atoms with Crippen molar-refractivity contribution in [3.63, 3.8) is 0 Å². The smallest absolute Gasteiger partial charge is 0.129 e. The fraction of sp³-hybridized carbons (Fsp3) is 0.600. The van der Waals surface area contributed by atoms with Crippen molar-refractivity contribution < 1.29 is 8.78 Å². The Morgan fingerprint density at radius 1 is 1.11 bits per heavy atom. The molecule has 0 aliphatic heterocycles. The second-order valence-electron chi connectivity index (χ2n) is 5.54. The van der Waals surface area contributed by atoms with Crippen LogP contribution in [-0.2, 0) is 6.42 Å². The maximum absolute atomic E-state index is 13.6. The number of hydrogen-bond donors (Lipinski definition) is 1. The highest BCUT2D eigenvalue weighted by molar-refractivity contribution is 5.20. The van der Waals surface area contributed by atoms with Crippen LogP contribution in [0.3, 0.4) is 0 Å². The lowest BCUT2D eigenvalue weighted by atomic mass is 9.82. The van der Waals surface area contributed by atoms with Crippen molar-refractivity contribution in [3.8, 4) is 0 Å². The molecule has 0 radical (unpaired) electrons. The first-order valence-electron chi connectivity index (χ1n) is 6.60. The Hall–Kier alpha value is -0.960. The average Bonchev–Trinajstić information content (AvgIpc) is 2.30. The molecule has 1 aromatic rings. The Balaban J connectivity index is 2.59. The summed E-state index contributed by atoms with van der Waals surface area (Å²) in [7, 11) is 0. The Morgan fingerprint density at radius 2 is 1.72 bits per heavy atom. The van der Waals surface area contributed by atoms with E-state index >= 15 is 0 Å². The molecule has 0 atom stereocenters. The highest BCUT2D eigenvalue weighted by atomic mass is 19.1. The van der Waals surface area contributed by atoms with E-state index in [2.05, 4.69) is 12.2 Å². The molecule has 1 aromatic carbocycles. The molecule has 0 saturated heterocycles. The summed E-state index contributed by atoms with van der Waals surface area (Å²) in [5.74, 6) is -0.880. The zero-order valence-electron chi connectivity index (χ0n) is 11.5. The predicted octanol–water partition coefficient (Wildman–Crippen LogP) is 3.92. The molecule has 102 valence electrons. The summed E-state index contributed by atoms with van der Waals surface area (Å²) < 4.78 is 27.1. The van der Waals surface area contributed by atoms with Gasteiger partial charge in [0.2, 0.25) is 0 Å². The zero-order valence-corrected chi connectivity index (χ0v) is 11.5. The van der Waals surface area contributed by atoms with Crippen LogP contribution < -0.4 is 5.32 Å². The lowest BCUT2D eigenvalue weighted by molar-refractivity contribution is 0.316. The second kappa shape index (κ2) is 6.83. The zero-order chi connectivity index (χ0) is 13.6. The topological polar surface area (TPSA) is 12.0 Å². The molecule has 0 unspecified atom stereocenters. The minimum atomic E-state index is -0.440. The Bertz CT molecular complexity index is 355. The summed E-state index contributed by atoms with van der Waals surface area (Å²) in [4.78, 5) is 0. The van der Waals surface area contributed by atoms with Crippen LogP contribution in [-0.4, -0.2) is 13.1 Å². The summed E-state index contributed by atoms with van der Waals surface area (Å²) in [6, 6.07) is 4.05. The van der Waals surface area contributed by atoms with Gasteiger partial charge in [0.05, 0.1) is 0 Å². The van der Waals surface area contributed by atoms with Crippen molar-refractivity contribution in [2.45, 2.75) is 40.0 Å². The van der Waals surface area contributed by atoms with E-state index in [1.807, 2.05) is 13.8 Å². The molecule has 0 aliphatic rings. The molecule has 0 amide bonds. The summed E-state index contributed by atoms with van der Waals surface area (Å²) in [6.45, 7) is 8.09. The minimum Gasteiger partial charge on any atom is -0.317 e. The first-order valence-corrected chi connectivity index (χ1v) is 6.60. The fourth-order valence-corrected chi connectivity index (χ4v) is 2.00. The van der Waals surface area contributed by atoms with E-state index in [4.69, 9.17) is 0 Å². The normalized spacial score (nSPS) is 11.8. The van der Waals surface area contributed by atoms with Gasteiger partial charge in [-0.25, -0.2) is 8.78 Å². The third-order valence-corrected chi connectivity index (χ3v) is 3.12. The molecule has 1 rings (SSSR count). The van der Waals surface area contributed by atoms with Crippen LogP contribution in [0.4, 0.5) is 8.78 Å². The van der Waals surface area contributed by atoms with Gasteiger partial charge in [-0.15, -0.1) is 0 Å². The van der Waals surface area contributed by atoms with Crippen LogP contribution >= 0.6 is 0 Å². The van der Waals surface area contributed by atoms with Crippen LogP contribution in [0.25, 0.3) is 0 Å². The van der Waals surface area contributed by atoms with Crippen LogP contribution in [0.5, 0.6) is 0 Å². The van der Waals surface area contributed by atoms with Crippen molar-refractivity contribution >= 4 is 0 Å². The van der Waals surface area contributed by atoms with E-state index in [9.17, 15) is 8.78 Å². The van der Waals surface area contributed by atoms with Gasteiger partial charge in [-0.3, -0.25) is 0 Å². The predicted molar refractivity (Wildman–Crippen MR) is 71.6 cm³/mol. The number of benzene rings is 1. The Labute approximate surface area is 109 Å². The van der Waals surface area contributed by atoms with Crippen molar-refractivity contribution in [1.29, 1.82) is 0 Å². The van der Waals surface area contributed by atoms with Crippen LogP contribution in [0.2, 0.25) is 0 Å². The standard InChI is InChI=1S/C15H23F2N/c1-4-9-18-10-8-15(2,3)11-12-13(16)6-5-7-14(12)17/h5-7,18H,4,8-11H2,1-3H3. The third kappa shape index (κ3) is 4.73. The summed E-state index contributed by atoms with van der Waals surface area (Å²) in [6.07, 6.45) is 2.43. The maximum Gasteiger partial charge on any atom is 0.129 e. The van der Waals surface area contributed by atoms with Gasteiger partial charge in [-0.1, -0.05) is 26.8 Å². The molecular weight excluding hydrogens is 232 g/mol. The van der Waals surface area contributed by atoms with E-state index in [-0.39, 0.29) is 11.0 Å². The molecule has 1 nitrogen and oxygen atoms in total. The molecule has 0 spiro atoms. The fourth-order valence-electron chi connectivity index (χ4n) is 2.00. The molecular formula is C15H23F2N. The van der Waals surface area contributed by atoms with Crippen molar-refractivity contribution in [2.24, 2.45) is 5.41 Å². The summed E-state index contributed by atoms with van der Waals surface area (Å²) >= 11 is 0. The van der Waals surface area contributed by atoms with Gasteiger partial charge < -0.3 is 5.32 Å². The van der Waals surface area contributed by atoms with Gasteiger partial charge in [0, 0.05) is 5.56 Å². The number of rotatable bonds is 7. The third-order valence-electron chi connectivity index (χ3n) is 3.12. The first kappa shape index (κ1) is 15.1. The lowest BCUT2D eigenvalue weighted by Gasteiger charge is -2.25. The summed E-state index contributed by atoms with van der Waals surface area (Å²) in [5.41, 5.74) is 0.0991. The first-order chi connectivity index (χ1) is 8.46. The molecule has 0 aromatic heterocycles. The maximum atomic E-state index is 13.6. The molecule has 0 heterocycles. The highest BCUT2D eigenvalue weighted by Crippen LogP contribution is 2.28. The largest absolute Gasteiger partial charge is 0.317 e. The van der Waals surface area contributed by atoms with E-state index < -0.39 is 11.6 Å².